The maximum atomic E-state index is 12.3. The van der Waals surface area contributed by atoms with E-state index in [0.29, 0.717) is 28.8 Å². The number of rotatable bonds is 6. The third kappa shape index (κ3) is 4.72. The summed E-state index contributed by atoms with van der Waals surface area (Å²) in [5.74, 6) is 0.395. The van der Waals surface area contributed by atoms with Gasteiger partial charge in [-0.2, -0.15) is 0 Å². The van der Waals surface area contributed by atoms with Crippen molar-refractivity contribution in [2.24, 2.45) is 0 Å². The van der Waals surface area contributed by atoms with Gasteiger partial charge in [-0.05, 0) is 25.1 Å². The lowest BCUT2D eigenvalue weighted by atomic mass is 10.3. The average molecular weight is 396 g/mol. The van der Waals surface area contributed by atoms with Crippen LogP contribution >= 0.6 is 11.3 Å². The molecular weight excluding hydrogens is 376 g/mol. The highest BCUT2D eigenvalue weighted by Crippen LogP contribution is 2.29. The lowest BCUT2D eigenvalue weighted by molar-refractivity contribution is -0.125. The summed E-state index contributed by atoms with van der Waals surface area (Å²) in [5.41, 5.74) is 2.05. The van der Waals surface area contributed by atoms with Gasteiger partial charge in [0.05, 0.1) is 17.9 Å². The maximum Gasteiger partial charge on any atom is 0.246 e. The number of carbonyl (C=O) groups is 2. The third-order valence-corrected chi connectivity index (χ3v) is 4.72. The van der Waals surface area contributed by atoms with Gasteiger partial charge in [-0.25, -0.2) is 4.98 Å². The van der Waals surface area contributed by atoms with E-state index in [1.807, 2.05) is 30.3 Å². The molecule has 2 heterocycles. The number of para-hydroxylation sites is 1. The van der Waals surface area contributed by atoms with Crippen molar-refractivity contribution < 1.29 is 14.1 Å². The zero-order chi connectivity index (χ0) is 20.1. The van der Waals surface area contributed by atoms with Crippen LogP contribution in [0.4, 0.5) is 10.8 Å². The van der Waals surface area contributed by atoms with Crippen LogP contribution in [0.25, 0.3) is 6.08 Å². The summed E-state index contributed by atoms with van der Waals surface area (Å²) >= 11 is 1.34. The second-order valence-electron chi connectivity index (χ2n) is 6.20. The van der Waals surface area contributed by atoms with Crippen LogP contribution < -0.4 is 4.90 Å². The van der Waals surface area contributed by atoms with Crippen LogP contribution in [0.3, 0.4) is 0 Å². The monoisotopic (exact) mass is 396 g/mol. The number of carbonyl (C=O) groups excluding carboxylic acids is 2. The maximum absolute atomic E-state index is 12.3. The van der Waals surface area contributed by atoms with Gasteiger partial charge in [0.25, 0.3) is 0 Å². The standard InChI is InChI=1S/C20H20N4O3S/c1-14-11-17(22-27-14)12-23(3)19(26)10-9-16-13-28-20(21-16)24(15(2)25)18-7-5-4-6-8-18/h4-11,13H,12H2,1-3H3/b10-9+. The predicted molar refractivity (Wildman–Crippen MR) is 108 cm³/mol. The van der Waals surface area contributed by atoms with Gasteiger partial charge in [0.1, 0.15) is 11.5 Å². The molecule has 3 rings (SSSR count). The van der Waals surface area contributed by atoms with Gasteiger partial charge in [-0.3, -0.25) is 14.5 Å². The predicted octanol–water partition coefficient (Wildman–Crippen LogP) is 3.80. The summed E-state index contributed by atoms with van der Waals surface area (Å²) in [6.07, 6.45) is 3.09. The van der Waals surface area contributed by atoms with Crippen molar-refractivity contribution in [3.05, 3.63) is 65.0 Å². The SMILES string of the molecule is CC(=O)N(c1ccccc1)c1nc(/C=C/C(=O)N(C)Cc2cc(C)on2)cs1. The van der Waals surface area contributed by atoms with Crippen LogP contribution in [0.5, 0.6) is 0 Å². The Bertz CT molecular complexity index is 994. The highest BCUT2D eigenvalue weighted by Gasteiger charge is 2.17. The molecule has 0 saturated heterocycles. The van der Waals surface area contributed by atoms with E-state index in [1.165, 1.54) is 29.2 Å². The average Bonchev–Trinajstić information content (AvgIpc) is 3.29. The molecular formula is C20H20N4O3S. The zero-order valence-corrected chi connectivity index (χ0v) is 16.6. The topological polar surface area (TPSA) is 79.5 Å². The molecule has 0 radical (unpaired) electrons. The largest absolute Gasteiger partial charge is 0.361 e. The highest BCUT2D eigenvalue weighted by molar-refractivity contribution is 7.14. The van der Waals surface area contributed by atoms with E-state index in [1.54, 1.807) is 36.4 Å². The summed E-state index contributed by atoms with van der Waals surface area (Å²) in [6.45, 7) is 3.65. The fourth-order valence-corrected chi connectivity index (χ4v) is 3.41. The molecule has 0 saturated carbocycles. The molecule has 2 amide bonds. The van der Waals surface area contributed by atoms with Crippen LogP contribution in [0, 0.1) is 6.92 Å². The number of benzene rings is 1. The number of likely N-dealkylation sites (N-methyl/N-ethyl adjacent to an activating group) is 1. The highest BCUT2D eigenvalue weighted by atomic mass is 32.1. The lowest BCUT2D eigenvalue weighted by Gasteiger charge is -2.17. The second kappa shape index (κ2) is 8.62. The molecule has 0 N–H and O–H groups in total. The molecule has 28 heavy (non-hydrogen) atoms. The fraction of sp³-hybridized carbons (Fsp3) is 0.200. The molecule has 0 unspecified atom stereocenters. The van der Waals surface area contributed by atoms with Gasteiger partial charge in [0, 0.05) is 31.5 Å². The van der Waals surface area contributed by atoms with E-state index < -0.39 is 0 Å². The molecule has 8 heteroatoms. The van der Waals surface area contributed by atoms with E-state index >= 15 is 0 Å². The first-order valence-electron chi connectivity index (χ1n) is 8.60. The summed E-state index contributed by atoms with van der Waals surface area (Å²) in [6, 6.07) is 11.1. The smallest absolute Gasteiger partial charge is 0.246 e. The Kier molecular flexibility index (Phi) is 6.00. The third-order valence-electron chi connectivity index (χ3n) is 3.88. The number of anilines is 2. The number of nitrogens with zero attached hydrogens (tertiary/aromatic N) is 4. The molecule has 0 aliphatic rings. The molecule has 3 aromatic rings. The normalized spacial score (nSPS) is 11.0. The number of aryl methyl sites for hydroxylation is 1. The van der Waals surface area contributed by atoms with Crippen LogP contribution in [-0.2, 0) is 16.1 Å². The molecule has 144 valence electrons. The number of aromatic nitrogens is 2. The minimum Gasteiger partial charge on any atom is -0.361 e. The van der Waals surface area contributed by atoms with Crippen molar-refractivity contribution >= 4 is 40.0 Å². The van der Waals surface area contributed by atoms with Crippen molar-refractivity contribution in [2.45, 2.75) is 20.4 Å². The van der Waals surface area contributed by atoms with Gasteiger partial charge in [0.15, 0.2) is 5.13 Å². The first-order valence-corrected chi connectivity index (χ1v) is 9.48. The summed E-state index contributed by atoms with van der Waals surface area (Å²) < 4.78 is 5.01. The fourth-order valence-electron chi connectivity index (χ4n) is 2.56. The van der Waals surface area contributed by atoms with Crippen molar-refractivity contribution in [3.8, 4) is 0 Å². The van der Waals surface area contributed by atoms with Gasteiger partial charge in [-0.15, -0.1) is 11.3 Å². The summed E-state index contributed by atoms with van der Waals surface area (Å²) in [5, 5.41) is 6.24. The van der Waals surface area contributed by atoms with Crippen LogP contribution in [-0.4, -0.2) is 33.9 Å². The summed E-state index contributed by atoms with van der Waals surface area (Å²) in [4.78, 5) is 31.9. The Morgan fingerprint density at radius 3 is 2.64 bits per heavy atom. The molecule has 7 nitrogen and oxygen atoms in total. The number of thiazole rings is 1. The van der Waals surface area contributed by atoms with Crippen LogP contribution in [0.15, 0.2) is 52.4 Å². The number of amides is 2. The zero-order valence-electron chi connectivity index (χ0n) is 15.8. The molecule has 0 bridgehead atoms. The number of hydrogen-bond donors (Lipinski definition) is 0. The van der Waals surface area contributed by atoms with Gasteiger partial charge < -0.3 is 9.42 Å². The Morgan fingerprint density at radius 2 is 2.00 bits per heavy atom. The first-order chi connectivity index (χ1) is 13.4. The lowest BCUT2D eigenvalue weighted by Crippen LogP contribution is -2.24. The Morgan fingerprint density at radius 1 is 1.25 bits per heavy atom. The first kappa shape index (κ1) is 19.5. The molecule has 0 aliphatic heterocycles. The molecule has 1 aromatic carbocycles. The molecule has 2 aromatic heterocycles. The van der Waals surface area contributed by atoms with Gasteiger partial charge in [0.2, 0.25) is 11.8 Å². The molecule has 0 aliphatic carbocycles. The van der Waals surface area contributed by atoms with E-state index in [2.05, 4.69) is 10.1 Å². The van der Waals surface area contributed by atoms with Crippen LogP contribution in [0.2, 0.25) is 0 Å². The Balaban J connectivity index is 1.69. The minimum atomic E-state index is -0.179. The van der Waals surface area contributed by atoms with E-state index in [4.69, 9.17) is 4.52 Å². The Hall–Kier alpha value is -3.26. The van der Waals surface area contributed by atoms with E-state index in [9.17, 15) is 9.59 Å². The van der Waals surface area contributed by atoms with Crippen molar-refractivity contribution in [1.29, 1.82) is 0 Å². The summed E-state index contributed by atoms with van der Waals surface area (Å²) in [7, 11) is 1.69. The van der Waals surface area contributed by atoms with Crippen molar-refractivity contribution in [1.82, 2.24) is 15.0 Å². The Labute approximate surface area is 166 Å². The second-order valence-corrected chi connectivity index (χ2v) is 7.04. The minimum absolute atomic E-state index is 0.130. The van der Waals surface area contributed by atoms with E-state index in [-0.39, 0.29) is 11.8 Å². The molecule has 0 fully saturated rings. The molecule has 0 spiro atoms. The number of hydrogen-bond acceptors (Lipinski definition) is 6. The van der Waals surface area contributed by atoms with Gasteiger partial charge in [-0.1, -0.05) is 23.4 Å². The van der Waals surface area contributed by atoms with Gasteiger partial charge >= 0.3 is 0 Å². The van der Waals surface area contributed by atoms with Crippen molar-refractivity contribution in [2.75, 3.05) is 11.9 Å². The van der Waals surface area contributed by atoms with Crippen molar-refractivity contribution in [3.63, 3.8) is 0 Å². The molecule has 0 atom stereocenters. The quantitative estimate of drug-likeness (QED) is 0.592. The van der Waals surface area contributed by atoms with Crippen LogP contribution in [0.1, 0.15) is 24.1 Å². The van der Waals surface area contributed by atoms with E-state index in [0.717, 1.165) is 5.69 Å².